The first-order valence-electron chi connectivity index (χ1n) is 12.0. The van der Waals surface area contributed by atoms with E-state index >= 15 is 0 Å². The first-order chi connectivity index (χ1) is 18.1. The fraction of sp³-hybridized carbons (Fsp3) is 0.222. The van der Waals surface area contributed by atoms with Crippen molar-refractivity contribution >= 4 is 22.8 Å². The number of hydrogen-bond donors (Lipinski definition) is 2. The van der Waals surface area contributed by atoms with E-state index in [1.165, 1.54) is 0 Å². The predicted octanol–water partition coefficient (Wildman–Crippen LogP) is 4.83. The molecule has 3 aromatic heterocycles. The van der Waals surface area contributed by atoms with Crippen LogP contribution in [0.15, 0.2) is 70.0 Å². The van der Waals surface area contributed by atoms with E-state index in [-0.39, 0.29) is 18.3 Å². The van der Waals surface area contributed by atoms with Gasteiger partial charge in [-0.1, -0.05) is 60.1 Å². The first-order valence-corrected chi connectivity index (χ1v) is 12.3. The zero-order valence-electron chi connectivity index (χ0n) is 19.4. The summed E-state index contributed by atoms with van der Waals surface area (Å²) in [5, 5.41) is 0.510. The number of aromatic amines is 2. The van der Waals surface area contributed by atoms with Crippen LogP contribution in [-0.2, 0) is 9.47 Å². The number of halogens is 1. The molecule has 7 rings (SSSR count). The molecule has 37 heavy (non-hydrogen) atoms. The van der Waals surface area contributed by atoms with Gasteiger partial charge in [-0.3, -0.25) is 4.98 Å². The zero-order chi connectivity index (χ0) is 24.9. The number of oxazole rings is 1. The van der Waals surface area contributed by atoms with E-state index in [0.29, 0.717) is 46.9 Å². The quantitative estimate of drug-likeness (QED) is 0.344. The summed E-state index contributed by atoms with van der Waals surface area (Å²) in [5.74, 6) is 0.0292. The van der Waals surface area contributed by atoms with Crippen LogP contribution >= 0.6 is 11.6 Å². The largest absolute Gasteiger partial charge is 0.456 e. The fourth-order valence-corrected chi connectivity index (χ4v) is 5.16. The van der Waals surface area contributed by atoms with Crippen molar-refractivity contribution in [2.75, 3.05) is 13.2 Å². The van der Waals surface area contributed by atoms with Crippen molar-refractivity contribution in [2.24, 2.45) is 0 Å². The summed E-state index contributed by atoms with van der Waals surface area (Å²) >= 11 is 6.60. The minimum Gasteiger partial charge on any atom is -0.456 e. The second-order valence-corrected chi connectivity index (χ2v) is 9.49. The Morgan fingerprint density at radius 3 is 2.41 bits per heavy atom. The highest BCUT2D eigenvalue weighted by atomic mass is 35.5. The van der Waals surface area contributed by atoms with Crippen LogP contribution in [0, 0.1) is 0 Å². The van der Waals surface area contributed by atoms with Gasteiger partial charge in [0.05, 0.1) is 35.1 Å². The molecule has 0 spiro atoms. The third-order valence-electron chi connectivity index (χ3n) is 6.77. The standard InChI is InChI=1S/C27H21ClN4O5/c28-18-11-19-25(32-26(30-19)36-22-13-35-20-9-10-34-24(20)22)31-23(18)17-7-3-15(4-8-17)14-1-5-16(6-2-14)21-12-29-27(33)37-21/h1-8,11-12,20,22,24H,9-10,13H2,(H,29,33)(H,30,31,32)/t20-,22-,24+/m1/s1. The van der Waals surface area contributed by atoms with Gasteiger partial charge in [0.25, 0.3) is 6.01 Å². The molecule has 5 heterocycles. The lowest BCUT2D eigenvalue weighted by molar-refractivity contribution is 0.0273. The Morgan fingerprint density at radius 2 is 1.68 bits per heavy atom. The van der Waals surface area contributed by atoms with Crippen molar-refractivity contribution in [2.45, 2.75) is 24.7 Å². The van der Waals surface area contributed by atoms with Gasteiger partial charge in [-0.05, 0) is 23.6 Å². The van der Waals surface area contributed by atoms with Gasteiger partial charge in [0.2, 0.25) is 0 Å². The van der Waals surface area contributed by atoms with Gasteiger partial charge < -0.3 is 23.6 Å². The van der Waals surface area contributed by atoms with Crippen LogP contribution in [0.2, 0.25) is 5.02 Å². The van der Waals surface area contributed by atoms with Crippen LogP contribution in [0.1, 0.15) is 6.42 Å². The molecule has 2 aliphatic rings. The molecule has 0 saturated carbocycles. The maximum absolute atomic E-state index is 11.2. The number of nitrogens with one attached hydrogen (secondary N) is 2. The molecule has 0 aliphatic carbocycles. The number of imidazole rings is 1. The molecule has 5 aromatic rings. The van der Waals surface area contributed by atoms with E-state index < -0.39 is 5.76 Å². The second kappa shape index (κ2) is 8.88. The molecule has 0 amide bonds. The Labute approximate surface area is 215 Å². The van der Waals surface area contributed by atoms with Gasteiger partial charge in [-0.25, -0.2) is 9.78 Å². The summed E-state index contributed by atoms with van der Waals surface area (Å²) in [7, 11) is 0. The molecule has 2 fully saturated rings. The number of nitrogens with zero attached hydrogens (tertiary/aromatic N) is 2. The summed E-state index contributed by atoms with van der Waals surface area (Å²) in [6, 6.07) is 18.0. The van der Waals surface area contributed by atoms with Gasteiger partial charge in [0.1, 0.15) is 6.10 Å². The van der Waals surface area contributed by atoms with Crippen molar-refractivity contribution < 1.29 is 18.6 Å². The average Bonchev–Trinajstić information content (AvgIpc) is 3.70. The van der Waals surface area contributed by atoms with E-state index in [9.17, 15) is 4.79 Å². The average molecular weight is 517 g/mol. The Morgan fingerprint density at radius 1 is 0.946 bits per heavy atom. The van der Waals surface area contributed by atoms with E-state index in [4.69, 9.17) is 35.2 Å². The highest BCUT2D eigenvalue weighted by Crippen LogP contribution is 2.33. The molecule has 3 atom stereocenters. The topological polar surface area (TPSA) is 115 Å². The molecule has 2 aliphatic heterocycles. The number of fused-ring (bicyclic) bond motifs is 2. The number of benzene rings is 2. The number of aromatic nitrogens is 4. The van der Waals surface area contributed by atoms with Gasteiger partial charge in [0.15, 0.2) is 17.5 Å². The van der Waals surface area contributed by atoms with Crippen molar-refractivity contribution in [3.63, 3.8) is 0 Å². The Balaban J connectivity index is 1.12. The van der Waals surface area contributed by atoms with E-state index in [1.54, 1.807) is 6.20 Å². The van der Waals surface area contributed by atoms with E-state index in [2.05, 4.69) is 15.0 Å². The third-order valence-corrected chi connectivity index (χ3v) is 7.06. The fourth-order valence-electron chi connectivity index (χ4n) is 4.90. The SMILES string of the molecule is O=c1[nH]cc(-c2ccc(-c3ccc(-c4nc5nc(O[C@@H]6CO[C@@H]7CCO[C@@H]76)[nH]c5cc4Cl)cc3)cc2)o1. The lowest BCUT2D eigenvalue weighted by Crippen LogP contribution is -2.32. The summed E-state index contributed by atoms with van der Waals surface area (Å²) in [6.45, 7) is 1.16. The van der Waals surface area contributed by atoms with Gasteiger partial charge >= 0.3 is 5.76 Å². The minimum absolute atomic E-state index is 0.0654. The lowest BCUT2D eigenvalue weighted by atomic mass is 10.0. The molecule has 0 radical (unpaired) electrons. The molecular formula is C27H21ClN4O5. The van der Waals surface area contributed by atoms with Gasteiger partial charge in [0, 0.05) is 17.7 Å². The molecule has 0 unspecified atom stereocenters. The lowest BCUT2D eigenvalue weighted by Gasteiger charge is -2.15. The Hall–Kier alpha value is -3.92. The summed E-state index contributed by atoms with van der Waals surface area (Å²) in [4.78, 5) is 26.1. The number of H-pyrrole nitrogens is 2. The zero-order valence-corrected chi connectivity index (χ0v) is 20.2. The van der Waals surface area contributed by atoms with Crippen molar-refractivity contribution in [1.29, 1.82) is 0 Å². The molecule has 10 heteroatoms. The first kappa shape index (κ1) is 22.3. The molecule has 2 aromatic carbocycles. The van der Waals surface area contributed by atoms with Crippen LogP contribution in [0.5, 0.6) is 6.01 Å². The number of ether oxygens (including phenoxy) is 3. The highest BCUT2D eigenvalue weighted by molar-refractivity contribution is 6.33. The molecule has 186 valence electrons. The van der Waals surface area contributed by atoms with Gasteiger partial charge in [-0.15, -0.1) is 0 Å². The van der Waals surface area contributed by atoms with Crippen LogP contribution in [0.4, 0.5) is 0 Å². The number of hydrogen-bond acceptors (Lipinski definition) is 7. The number of rotatable bonds is 5. The monoisotopic (exact) mass is 516 g/mol. The maximum atomic E-state index is 11.2. The Kier molecular flexibility index (Phi) is 5.35. The molecular weight excluding hydrogens is 496 g/mol. The molecule has 9 nitrogen and oxygen atoms in total. The van der Waals surface area contributed by atoms with E-state index in [0.717, 1.165) is 28.7 Å². The predicted molar refractivity (Wildman–Crippen MR) is 137 cm³/mol. The van der Waals surface area contributed by atoms with Crippen LogP contribution in [0.25, 0.3) is 44.9 Å². The summed E-state index contributed by atoms with van der Waals surface area (Å²) in [6.07, 6.45) is 2.27. The van der Waals surface area contributed by atoms with E-state index in [1.807, 2.05) is 54.6 Å². The molecule has 2 saturated heterocycles. The summed E-state index contributed by atoms with van der Waals surface area (Å²) < 4.78 is 22.7. The van der Waals surface area contributed by atoms with Crippen LogP contribution < -0.4 is 10.5 Å². The smallest absolute Gasteiger partial charge is 0.416 e. The second-order valence-electron chi connectivity index (χ2n) is 9.08. The molecule has 2 N–H and O–H groups in total. The maximum Gasteiger partial charge on any atom is 0.416 e. The van der Waals surface area contributed by atoms with Crippen LogP contribution in [0.3, 0.4) is 0 Å². The minimum atomic E-state index is -0.473. The van der Waals surface area contributed by atoms with Crippen LogP contribution in [-0.4, -0.2) is 51.5 Å². The molecule has 0 bridgehead atoms. The van der Waals surface area contributed by atoms with Crippen molar-refractivity contribution in [1.82, 2.24) is 19.9 Å². The third kappa shape index (κ3) is 4.11. The number of pyridine rings is 1. The Bertz CT molecular complexity index is 1640. The summed E-state index contributed by atoms with van der Waals surface area (Å²) in [5.41, 5.74) is 5.61. The highest BCUT2D eigenvalue weighted by Gasteiger charge is 2.43. The normalized spacial score (nSPS) is 20.9. The van der Waals surface area contributed by atoms with Crippen molar-refractivity contribution in [3.05, 3.63) is 76.4 Å². The van der Waals surface area contributed by atoms with Crippen molar-refractivity contribution in [3.8, 4) is 39.7 Å². The van der Waals surface area contributed by atoms with Gasteiger partial charge in [-0.2, -0.15) is 4.98 Å².